The average Bonchev–Trinajstić information content (AvgIpc) is 3.40. The average molecular weight is 433 g/mol. The van der Waals surface area contributed by atoms with Crippen LogP contribution in [0.5, 0.6) is 0 Å². The lowest BCUT2D eigenvalue weighted by Gasteiger charge is -2.18. The molecular formula is C20H20FN3O5S. The second-order valence-corrected chi connectivity index (χ2v) is 9.30. The Morgan fingerprint density at radius 1 is 1.33 bits per heavy atom. The van der Waals surface area contributed by atoms with Crippen molar-refractivity contribution in [2.24, 2.45) is 5.73 Å². The Morgan fingerprint density at radius 3 is 2.57 bits per heavy atom. The van der Waals surface area contributed by atoms with Crippen molar-refractivity contribution in [1.82, 2.24) is 4.98 Å². The first-order valence-electron chi connectivity index (χ1n) is 9.18. The maximum absolute atomic E-state index is 13.2. The molecular weight excluding hydrogens is 413 g/mol. The standard InChI is InChI=1S/C20H20FN3O5S/c1-24(30(2,26)27)19-12(8-14-10-28-14)9-15-17(18(22)25)16(29-20(15)23-19)7-11-3-5-13(21)6-4-11/h3-6,9,14H,7-8,10H2,1-2H3,(H2,22,25). The number of nitrogens with two attached hydrogens (primary N) is 1. The summed E-state index contributed by atoms with van der Waals surface area (Å²) in [6.45, 7) is 0.573. The fraction of sp³-hybridized carbons (Fsp3) is 0.300. The zero-order chi connectivity index (χ0) is 21.6. The fourth-order valence-electron chi connectivity index (χ4n) is 3.30. The number of epoxide rings is 1. The second-order valence-electron chi connectivity index (χ2n) is 7.28. The third kappa shape index (κ3) is 4.01. The number of ether oxygens (including phenoxy) is 1. The number of carbonyl (C=O) groups is 1. The van der Waals surface area contributed by atoms with E-state index in [0.717, 1.165) is 16.1 Å². The molecule has 1 saturated heterocycles. The van der Waals surface area contributed by atoms with E-state index in [9.17, 15) is 17.6 Å². The van der Waals surface area contributed by atoms with Crippen LogP contribution < -0.4 is 10.0 Å². The van der Waals surface area contributed by atoms with Crippen LogP contribution in [0.2, 0.25) is 0 Å². The summed E-state index contributed by atoms with van der Waals surface area (Å²) >= 11 is 0. The first-order valence-corrected chi connectivity index (χ1v) is 11.0. The van der Waals surface area contributed by atoms with Crippen LogP contribution in [0.25, 0.3) is 11.1 Å². The van der Waals surface area contributed by atoms with Crippen molar-refractivity contribution in [3.63, 3.8) is 0 Å². The summed E-state index contributed by atoms with van der Waals surface area (Å²) in [6, 6.07) is 7.47. The summed E-state index contributed by atoms with van der Waals surface area (Å²) in [5, 5.41) is 0.404. The Kier molecular flexibility index (Phi) is 4.99. The van der Waals surface area contributed by atoms with Gasteiger partial charge in [0.2, 0.25) is 15.7 Å². The molecule has 1 unspecified atom stereocenters. The number of nitrogens with zero attached hydrogens (tertiary/aromatic N) is 2. The number of benzene rings is 1. The number of halogens is 1. The van der Waals surface area contributed by atoms with Crippen molar-refractivity contribution in [2.45, 2.75) is 18.9 Å². The predicted octanol–water partition coefficient (Wildman–Crippen LogP) is 1.99. The largest absolute Gasteiger partial charge is 0.441 e. The van der Waals surface area contributed by atoms with Crippen LogP contribution in [0, 0.1) is 5.82 Å². The summed E-state index contributed by atoms with van der Waals surface area (Å²) < 4.78 is 49.5. The summed E-state index contributed by atoms with van der Waals surface area (Å²) in [4.78, 5) is 16.6. The van der Waals surface area contributed by atoms with Crippen LogP contribution in [0.4, 0.5) is 10.2 Å². The molecule has 1 aliphatic heterocycles. The molecule has 30 heavy (non-hydrogen) atoms. The quantitative estimate of drug-likeness (QED) is 0.569. The highest BCUT2D eigenvalue weighted by molar-refractivity contribution is 7.92. The minimum Gasteiger partial charge on any atom is -0.441 e. The van der Waals surface area contributed by atoms with Gasteiger partial charge in [-0.25, -0.2) is 12.8 Å². The van der Waals surface area contributed by atoms with Crippen molar-refractivity contribution < 1.29 is 26.8 Å². The van der Waals surface area contributed by atoms with Gasteiger partial charge in [-0.05, 0) is 29.3 Å². The third-order valence-corrected chi connectivity index (χ3v) is 6.15. The van der Waals surface area contributed by atoms with Crippen LogP contribution in [-0.2, 0) is 27.6 Å². The normalized spacial score (nSPS) is 16.0. The zero-order valence-corrected chi connectivity index (χ0v) is 17.2. The lowest BCUT2D eigenvalue weighted by Crippen LogP contribution is -2.27. The number of aromatic nitrogens is 1. The van der Waals surface area contributed by atoms with Gasteiger partial charge in [0, 0.05) is 19.9 Å². The highest BCUT2D eigenvalue weighted by atomic mass is 32.2. The molecule has 0 spiro atoms. The molecule has 4 rings (SSSR count). The van der Waals surface area contributed by atoms with Crippen molar-refractivity contribution >= 4 is 32.8 Å². The summed E-state index contributed by atoms with van der Waals surface area (Å²) in [7, 11) is -2.17. The monoisotopic (exact) mass is 433 g/mol. The van der Waals surface area contributed by atoms with Gasteiger partial charge in [0.15, 0.2) is 0 Å². The lowest BCUT2D eigenvalue weighted by atomic mass is 10.0. The van der Waals surface area contributed by atoms with E-state index < -0.39 is 15.9 Å². The van der Waals surface area contributed by atoms with Gasteiger partial charge in [-0.1, -0.05) is 12.1 Å². The molecule has 3 heterocycles. The highest BCUT2D eigenvalue weighted by Crippen LogP contribution is 2.33. The van der Waals surface area contributed by atoms with Crippen molar-refractivity contribution in [3.8, 4) is 0 Å². The van der Waals surface area contributed by atoms with Crippen molar-refractivity contribution in [2.75, 3.05) is 24.2 Å². The van der Waals surface area contributed by atoms with E-state index in [0.29, 0.717) is 24.0 Å². The Bertz CT molecular complexity index is 1230. The van der Waals surface area contributed by atoms with Gasteiger partial charge >= 0.3 is 0 Å². The number of furan rings is 1. The van der Waals surface area contributed by atoms with Gasteiger partial charge in [-0.2, -0.15) is 4.98 Å². The van der Waals surface area contributed by atoms with Gasteiger partial charge in [-0.3, -0.25) is 9.10 Å². The van der Waals surface area contributed by atoms with Crippen LogP contribution in [0.3, 0.4) is 0 Å². The van der Waals surface area contributed by atoms with E-state index in [1.54, 1.807) is 18.2 Å². The van der Waals surface area contributed by atoms with Crippen LogP contribution in [0.15, 0.2) is 34.7 Å². The number of fused-ring (bicyclic) bond motifs is 1. The third-order valence-electron chi connectivity index (χ3n) is 4.98. The van der Waals surface area contributed by atoms with Crippen LogP contribution >= 0.6 is 0 Å². The number of carbonyl (C=O) groups excluding carboxylic acids is 1. The van der Waals surface area contributed by atoms with E-state index in [2.05, 4.69) is 4.98 Å². The van der Waals surface area contributed by atoms with E-state index in [4.69, 9.17) is 14.9 Å². The molecule has 0 saturated carbocycles. The number of hydrogen-bond donors (Lipinski definition) is 1. The number of pyridine rings is 1. The van der Waals surface area contributed by atoms with E-state index in [-0.39, 0.29) is 41.2 Å². The molecule has 1 amide bonds. The first kappa shape index (κ1) is 20.3. The van der Waals surface area contributed by atoms with Gasteiger partial charge in [-0.15, -0.1) is 0 Å². The van der Waals surface area contributed by atoms with Crippen molar-refractivity contribution in [3.05, 3.63) is 58.6 Å². The highest BCUT2D eigenvalue weighted by Gasteiger charge is 2.29. The molecule has 0 radical (unpaired) electrons. The Labute approximate surface area is 172 Å². The molecule has 1 atom stereocenters. The van der Waals surface area contributed by atoms with E-state index in [1.165, 1.54) is 19.2 Å². The minimum absolute atomic E-state index is 0.0291. The number of primary amides is 1. The summed E-state index contributed by atoms with van der Waals surface area (Å²) in [5.41, 5.74) is 7.22. The number of hydrogen-bond acceptors (Lipinski definition) is 6. The predicted molar refractivity (Wildman–Crippen MR) is 108 cm³/mol. The number of rotatable bonds is 7. The molecule has 2 N–H and O–H groups in total. The molecule has 0 bridgehead atoms. The molecule has 2 aromatic heterocycles. The molecule has 0 aliphatic carbocycles. The van der Waals surface area contributed by atoms with E-state index in [1.807, 2.05) is 0 Å². The molecule has 8 nitrogen and oxygen atoms in total. The Hall–Kier alpha value is -2.98. The van der Waals surface area contributed by atoms with Gasteiger partial charge in [0.25, 0.3) is 5.91 Å². The molecule has 1 aromatic carbocycles. The maximum atomic E-state index is 13.2. The van der Waals surface area contributed by atoms with Gasteiger partial charge in [0.05, 0.1) is 29.9 Å². The van der Waals surface area contributed by atoms with E-state index >= 15 is 0 Å². The topological polar surface area (TPSA) is 119 Å². The molecule has 3 aromatic rings. The second kappa shape index (κ2) is 7.37. The van der Waals surface area contributed by atoms with Crippen molar-refractivity contribution in [1.29, 1.82) is 0 Å². The zero-order valence-electron chi connectivity index (χ0n) is 16.4. The SMILES string of the molecule is CN(c1nc2oc(Cc3ccc(F)cc3)c(C(N)=O)c2cc1CC1CO1)S(C)(=O)=O. The van der Waals surface area contributed by atoms with Crippen LogP contribution in [0.1, 0.15) is 27.2 Å². The van der Waals surface area contributed by atoms with Crippen LogP contribution in [-0.4, -0.2) is 45.3 Å². The Morgan fingerprint density at radius 2 is 2.00 bits per heavy atom. The summed E-state index contributed by atoms with van der Waals surface area (Å²) in [6.07, 6.45) is 1.69. The van der Waals surface area contributed by atoms with Gasteiger partial charge in [0.1, 0.15) is 17.4 Å². The minimum atomic E-state index is -3.57. The number of sulfonamides is 1. The molecule has 10 heteroatoms. The Balaban J connectivity index is 1.86. The van der Waals surface area contributed by atoms with Gasteiger partial charge < -0.3 is 14.9 Å². The molecule has 1 fully saturated rings. The fourth-order valence-corrected chi connectivity index (χ4v) is 3.77. The smallest absolute Gasteiger partial charge is 0.252 e. The molecule has 158 valence electrons. The number of anilines is 1. The first-order chi connectivity index (χ1) is 14.1. The summed E-state index contributed by atoms with van der Waals surface area (Å²) in [5.74, 6) is -0.575. The molecule has 1 aliphatic rings. The number of amides is 1. The lowest BCUT2D eigenvalue weighted by molar-refractivity contribution is 0.1000. The maximum Gasteiger partial charge on any atom is 0.252 e.